The van der Waals surface area contributed by atoms with E-state index in [1.54, 1.807) is 19.8 Å². The van der Waals surface area contributed by atoms with Crippen LogP contribution in [-0.4, -0.2) is 29.9 Å². The molecule has 0 aromatic rings. The number of carbonyl (C=O) groups excluding carboxylic acids is 3. The summed E-state index contributed by atoms with van der Waals surface area (Å²) in [6, 6.07) is 0. The Morgan fingerprint density at radius 2 is 1.77 bits per heavy atom. The third kappa shape index (κ3) is 2.42. The van der Waals surface area contributed by atoms with Gasteiger partial charge in [-0.3, -0.25) is 0 Å². The van der Waals surface area contributed by atoms with Crippen molar-refractivity contribution < 1.29 is 14.4 Å². The Bertz CT molecular complexity index is 343. The van der Waals surface area contributed by atoms with Crippen LogP contribution in [0.3, 0.4) is 0 Å². The van der Waals surface area contributed by atoms with Crippen molar-refractivity contribution in [1.29, 1.82) is 0 Å². The Balaban J connectivity index is 5.56. The van der Waals surface area contributed by atoms with E-state index in [1.807, 2.05) is 5.66 Å². The van der Waals surface area contributed by atoms with Crippen molar-refractivity contribution in [3.05, 3.63) is 11.4 Å². The second kappa shape index (κ2) is 5.54. The molecule has 0 bridgehead atoms. The second-order valence-electron chi connectivity index (χ2n) is 2.44. The lowest BCUT2D eigenvalue weighted by Gasteiger charge is -2.14. The van der Waals surface area contributed by atoms with E-state index in [4.69, 9.17) is 0 Å². The maximum atomic E-state index is 10.7. The quantitative estimate of drug-likeness (QED) is 0.387. The van der Waals surface area contributed by atoms with Gasteiger partial charge in [0.05, 0.1) is 5.31 Å². The third-order valence-corrected chi connectivity index (χ3v) is 5.67. The molecule has 13 heavy (non-hydrogen) atoms. The van der Waals surface area contributed by atoms with Crippen molar-refractivity contribution in [3.63, 3.8) is 0 Å². The van der Waals surface area contributed by atoms with Crippen LogP contribution in [0, 0.1) is 0 Å². The first-order chi connectivity index (χ1) is 6.20. The SMILES string of the molecule is CCP(=C=O)(CC)C(=C=O)C=C=O. The van der Waals surface area contributed by atoms with Gasteiger partial charge in [0.2, 0.25) is 0 Å². The molecule has 0 aromatic carbocycles. The van der Waals surface area contributed by atoms with E-state index in [0.717, 1.165) is 6.08 Å². The maximum absolute atomic E-state index is 10.7. The van der Waals surface area contributed by atoms with E-state index < -0.39 is 6.89 Å². The van der Waals surface area contributed by atoms with Crippen molar-refractivity contribution in [1.82, 2.24) is 0 Å². The van der Waals surface area contributed by atoms with Gasteiger partial charge < -0.3 is 0 Å². The summed E-state index contributed by atoms with van der Waals surface area (Å²) in [5, 5.41) is 0.141. The van der Waals surface area contributed by atoms with Gasteiger partial charge >= 0.3 is 0 Å². The van der Waals surface area contributed by atoms with Crippen molar-refractivity contribution in [2.75, 3.05) is 12.3 Å². The molecular formula is C9H11O3P. The predicted octanol–water partition coefficient (Wildman–Crippen LogP) is 1.21. The summed E-state index contributed by atoms with van der Waals surface area (Å²) in [6.07, 6.45) is 2.07. The molecule has 70 valence electrons. The predicted molar refractivity (Wildman–Crippen MR) is 53.2 cm³/mol. The van der Waals surface area contributed by atoms with E-state index in [9.17, 15) is 14.4 Å². The van der Waals surface area contributed by atoms with Crippen molar-refractivity contribution in [3.8, 4) is 0 Å². The Labute approximate surface area is 77.1 Å². The lowest BCUT2D eigenvalue weighted by Crippen LogP contribution is -1.94. The lowest BCUT2D eigenvalue weighted by atomic mass is 10.6. The van der Waals surface area contributed by atoms with Gasteiger partial charge in [-0.05, 0) is 12.3 Å². The van der Waals surface area contributed by atoms with E-state index in [1.165, 1.54) is 5.94 Å². The Kier molecular flexibility index (Phi) is 5.07. The van der Waals surface area contributed by atoms with Gasteiger partial charge in [-0.15, -0.1) is 0 Å². The first-order valence-corrected chi connectivity index (χ1v) is 6.09. The molecule has 0 aliphatic carbocycles. The molecule has 0 aromatic heterocycles. The van der Waals surface area contributed by atoms with E-state index >= 15 is 0 Å². The van der Waals surface area contributed by atoms with E-state index in [-0.39, 0.29) is 5.31 Å². The third-order valence-electron chi connectivity index (χ3n) is 2.02. The average Bonchev–Trinajstić information content (AvgIpc) is 2.19. The van der Waals surface area contributed by atoms with Gasteiger partial charge in [0.25, 0.3) is 0 Å². The Hall–Kier alpha value is -1.09. The molecule has 0 radical (unpaired) electrons. The Morgan fingerprint density at radius 1 is 1.23 bits per heavy atom. The fourth-order valence-electron chi connectivity index (χ4n) is 1.04. The molecule has 0 heterocycles. The van der Waals surface area contributed by atoms with E-state index in [0.29, 0.717) is 12.3 Å². The summed E-state index contributed by atoms with van der Waals surface area (Å²) in [6.45, 7) is 1.41. The first kappa shape index (κ1) is 11.9. The molecule has 0 unspecified atom stereocenters. The minimum atomic E-state index is -2.20. The monoisotopic (exact) mass is 198 g/mol. The van der Waals surface area contributed by atoms with Crippen molar-refractivity contribution >= 4 is 24.4 Å². The largest absolute Gasteiger partial charge is 0.234 e. The number of rotatable bonds is 4. The molecule has 0 saturated carbocycles. The molecule has 3 nitrogen and oxygen atoms in total. The minimum Gasteiger partial charge on any atom is -0.234 e. The van der Waals surface area contributed by atoms with Gasteiger partial charge in [0, 0.05) is 13.0 Å². The van der Waals surface area contributed by atoms with Crippen LogP contribution in [0.4, 0.5) is 0 Å². The molecule has 0 aliphatic rings. The molecule has 0 amide bonds. The standard InChI is InChI=1S/C9H11O3P/c1-3-13(4-2,8-12)9(7-11)5-6-10/h5H,3-4H2,1-2H3. The first-order valence-electron chi connectivity index (χ1n) is 3.93. The summed E-state index contributed by atoms with van der Waals surface area (Å²) < 4.78 is 0. The van der Waals surface area contributed by atoms with Crippen LogP contribution in [0.15, 0.2) is 11.4 Å². The minimum absolute atomic E-state index is 0.141. The zero-order valence-corrected chi connectivity index (χ0v) is 8.56. The van der Waals surface area contributed by atoms with Gasteiger partial charge in [-0.2, -0.15) is 0 Å². The highest BCUT2D eigenvalue weighted by molar-refractivity contribution is 7.78. The topological polar surface area (TPSA) is 51.2 Å². The van der Waals surface area contributed by atoms with Crippen molar-refractivity contribution in [2.45, 2.75) is 13.8 Å². The summed E-state index contributed by atoms with van der Waals surface area (Å²) >= 11 is 0. The summed E-state index contributed by atoms with van der Waals surface area (Å²) in [7, 11) is 0. The van der Waals surface area contributed by atoms with Crippen LogP contribution in [0.5, 0.6) is 0 Å². The molecule has 4 heteroatoms. The van der Waals surface area contributed by atoms with Crippen LogP contribution >= 0.6 is 6.89 Å². The van der Waals surface area contributed by atoms with Crippen LogP contribution in [0.1, 0.15) is 13.8 Å². The van der Waals surface area contributed by atoms with Crippen LogP contribution in [0.25, 0.3) is 0 Å². The average molecular weight is 198 g/mol. The van der Waals surface area contributed by atoms with E-state index in [2.05, 4.69) is 0 Å². The highest BCUT2D eigenvalue weighted by Crippen LogP contribution is 2.52. The van der Waals surface area contributed by atoms with Crippen LogP contribution in [-0.2, 0) is 14.4 Å². The molecule has 0 N–H and O–H groups in total. The van der Waals surface area contributed by atoms with Gasteiger partial charge in [0.15, 0.2) is 0 Å². The molecule has 0 atom stereocenters. The highest BCUT2D eigenvalue weighted by Gasteiger charge is 2.19. The molecule has 0 saturated heterocycles. The maximum Gasteiger partial charge on any atom is 0.134 e. The molecule has 0 rings (SSSR count). The normalized spacial score (nSPS) is 9.38. The van der Waals surface area contributed by atoms with Gasteiger partial charge in [-0.25, -0.2) is 14.4 Å². The summed E-state index contributed by atoms with van der Waals surface area (Å²) in [5.74, 6) is 3.13. The number of hydrogen-bond donors (Lipinski definition) is 0. The molecule has 0 aliphatic heterocycles. The fraction of sp³-hybridized carbons (Fsp3) is 0.444. The fourth-order valence-corrected chi connectivity index (χ4v) is 3.00. The summed E-state index contributed by atoms with van der Waals surface area (Å²) in [5.41, 5.74) is 1.90. The molecule has 0 spiro atoms. The molecule has 0 fully saturated rings. The zero-order valence-electron chi connectivity index (χ0n) is 7.66. The smallest absolute Gasteiger partial charge is 0.134 e. The molecular weight excluding hydrogens is 187 g/mol. The van der Waals surface area contributed by atoms with Crippen LogP contribution < -0.4 is 0 Å². The highest BCUT2D eigenvalue weighted by atomic mass is 31.2. The summed E-state index contributed by atoms with van der Waals surface area (Å²) in [4.78, 5) is 31.3. The Morgan fingerprint density at radius 3 is 2.00 bits per heavy atom. The van der Waals surface area contributed by atoms with Gasteiger partial charge in [-0.1, -0.05) is 13.8 Å². The van der Waals surface area contributed by atoms with Crippen LogP contribution in [0.2, 0.25) is 0 Å². The number of hydrogen-bond acceptors (Lipinski definition) is 3. The lowest BCUT2D eigenvalue weighted by molar-refractivity contribution is 0.566. The zero-order chi connectivity index (χ0) is 10.3. The second-order valence-corrected chi connectivity index (χ2v) is 6.31. The van der Waals surface area contributed by atoms with Crippen molar-refractivity contribution in [2.24, 2.45) is 0 Å². The number of allylic oxidation sites excluding steroid dienone is 2. The van der Waals surface area contributed by atoms with Gasteiger partial charge in [0.1, 0.15) is 17.5 Å².